The highest BCUT2D eigenvalue weighted by Crippen LogP contribution is 2.12. The first-order valence-corrected chi connectivity index (χ1v) is 7.42. The largest absolute Gasteiger partial charge is 0.333 e. The van der Waals surface area contributed by atoms with Crippen molar-refractivity contribution in [3.63, 3.8) is 0 Å². The minimum Gasteiger partial charge on any atom is -0.333 e. The molecule has 0 bridgehead atoms. The summed E-state index contributed by atoms with van der Waals surface area (Å²) in [6.07, 6.45) is 2.91. The Morgan fingerprint density at radius 2 is 1.67 bits per heavy atom. The van der Waals surface area contributed by atoms with Crippen molar-refractivity contribution in [1.82, 2.24) is 9.80 Å². The molecule has 0 aromatic heterocycles. The fourth-order valence-corrected chi connectivity index (χ4v) is 2.59. The molecule has 0 aromatic rings. The number of carbonyl (C=O) groups is 2. The number of amides is 2. The minimum absolute atomic E-state index is 0.326. The molecule has 0 radical (unpaired) electrons. The standard InChI is InChI=1S/C13H24N2O2S/c1-3-6-14-8-9-15(13(17)12(14)16)7-4-11(2)5-10-18/h11,18H,3-10H2,1-2H3. The summed E-state index contributed by atoms with van der Waals surface area (Å²) >= 11 is 4.21. The zero-order chi connectivity index (χ0) is 13.5. The second kappa shape index (κ2) is 7.67. The molecule has 1 aliphatic heterocycles. The molecule has 1 saturated heterocycles. The van der Waals surface area contributed by atoms with Gasteiger partial charge in [-0.1, -0.05) is 13.8 Å². The average Bonchev–Trinajstić information content (AvgIpc) is 2.35. The molecule has 1 heterocycles. The Hall–Kier alpha value is -0.710. The molecule has 0 aliphatic carbocycles. The van der Waals surface area contributed by atoms with Crippen molar-refractivity contribution in [1.29, 1.82) is 0 Å². The number of hydrogen-bond donors (Lipinski definition) is 1. The predicted octanol–water partition coefficient (Wildman–Crippen LogP) is 1.41. The van der Waals surface area contributed by atoms with Gasteiger partial charge in [-0.2, -0.15) is 12.6 Å². The third-order valence-electron chi connectivity index (χ3n) is 3.40. The third kappa shape index (κ3) is 4.19. The first-order chi connectivity index (χ1) is 8.60. The Morgan fingerprint density at radius 1 is 1.11 bits per heavy atom. The van der Waals surface area contributed by atoms with Crippen molar-refractivity contribution in [2.45, 2.75) is 33.1 Å². The summed E-state index contributed by atoms with van der Waals surface area (Å²) in [6, 6.07) is 0. The van der Waals surface area contributed by atoms with Gasteiger partial charge in [0.2, 0.25) is 0 Å². The van der Waals surface area contributed by atoms with Crippen LogP contribution in [0.2, 0.25) is 0 Å². The highest BCUT2D eigenvalue weighted by Gasteiger charge is 2.31. The number of piperazine rings is 1. The van der Waals surface area contributed by atoms with Crippen LogP contribution in [0.3, 0.4) is 0 Å². The molecule has 1 atom stereocenters. The van der Waals surface area contributed by atoms with Gasteiger partial charge in [-0.15, -0.1) is 0 Å². The van der Waals surface area contributed by atoms with E-state index in [4.69, 9.17) is 0 Å². The number of rotatable bonds is 7. The minimum atomic E-state index is -0.329. The number of carbonyl (C=O) groups excluding carboxylic acids is 2. The Labute approximate surface area is 115 Å². The molecule has 18 heavy (non-hydrogen) atoms. The van der Waals surface area contributed by atoms with Crippen molar-refractivity contribution < 1.29 is 9.59 Å². The van der Waals surface area contributed by atoms with E-state index in [9.17, 15) is 9.59 Å². The lowest BCUT2D eigenvalue weighted by Gasteiger charge is -2.34. The summed E-state index contributed by atoms with van der Waals surface area (Å²) in [6.45, 7) is 6.92. The SMILES string of the molecule is CCCN1CCN(CCC(C)CCS)C(=O)C1=O. The van der Waals surface area contributed by atoms with Gasteiger partial charge in [0, 0.05) is 26.2 Å². The summed E-state index contributed by atoms with van der Waals surface area (Å²) in [5, 5.41) is 0. The highest BCUT2D eigenvalue weighted by atomic mass is 32.1. The van der Waals surface area contributed by atoms with E-state index in [0.29, 0.717) is 32.1 Å². The highest BCUT2D eigenvalue weighted by molar-refractivity contribution is 7.80. The van der Waals surface area contributed by atoms with Gasteiger partial charge >= 0.3 is 11.8 Å². The zero-order valence-corrected chi connectivity index (χ0v) is 12.3. The van der Waals surface area contributed by atoms with Crippen LogP contribution in [-0.2, 0) is 9.59 Å². The molecule has 1 rings (SSSR count). The number of hydrogen-bond acceptors (Lipinski definition) is 3. The lowest BCUT2D eigenvalue weighted by Crippen LogP contribution is -2.54. The van der Waals surface area contributed by atoms with Crippen molar-refractivity contribution in [3.8, 4) is 0 Å². The van der Waals surface area contributed by atoms with Gasteiger partial charge in [-0.3, -0.25) is 9.59 Å². The fraction of sp³-hybridized carbons (Fsp3) is 0.846. The molecule has 1 fully saturated rings. The molecule has 0 saturated carbocycles. The van der Waals surface area contributed by atoms with Gasteiger partial charge in [0.15, 0.2) is 0 Å². The number of thiol groups is 1. The maximum absolute atomic E-state index is 11.9. The first kappa shape index (κ1) is 15.3. The van der Waals surface area contributed by atoms with E-state index in [1.807, 2.05) is 6.92 Å². The van der Waals surface area contributed by atoms with Crippen molar-refractivity contribution in [2.75, 3.05) is 31.9 Å². The zero-order valence-electron chi connectivity index (χ0n) is 11.4. The van der Waals surface area contributed by atoms with Crippen molar-refractivity contribution >= 4 is 24.4 Å². The van der Waals surface area contributed by atoms with E-state index in [2.05, 4.69) is 19.6 Å². The van der Waals surface area contributed by atoms with Crippen LogP contribution in [0.15, 0.2) is 0 Å². The maximum atomic E-state index is 11.9. The number of nitrogens with zero attached hydrogens (tertiary/aromatic N) is 2. The van der Waals surface area contributed by atoms with Gasteiger partial charge in [0.1, 0.15) is 0 Å². The van der Waals surface area contributed by atoms with E-state index in [0.717, 1.165) is 25.0 Å². The summed E-state index contributed by atoms with van der Waals surface area (Å²) in [7, 11) is 0. The molecule has 4 nitrogen and oxygen atoms in total. The molecule has 0 spiro atoms. The molecular formula is C13H24N2O2S. The lowest BCUT2D eigenvalue weighted by atomic mass is 10.0. The quantitative estimate of drug-likeness (QED) is 0.562. The Bertz CT molecular complexity index is 297. The second-order valence-electron chi connectivity index (χ2n) is 4.99. The van der Waals surface area contributed by atoms with Gasteiger partial charge in [-0.05, 0) is 30.9 Å². The van der Waals surface area contributed by atoms with E-state index >= 15 is 0 Å². The molecule has 2 amide bonds. The van der Waals surface area contributed by atoms with Gasteiger partial charge < -0.3 is 9.80 Å². The summed E-state index contributed by atoms with van der Waals surface area (Å²) in [5.41, 5.74) is 0. The van der Waals surface area contributed by atoms with Crippen LogP contribution < -0.4 is 0 Å². The fourth-order valence-electron chi connectivity index (χ4n) is 2.15. The molecule has 0 N–H and O–H groups in total. The van der Waals surface area contributed by atoms with E-state index < -0.39 is 0 Å². The molecule has 1 aliphatic rings. The summed E-state index contributed by atoms with van der Waals surface area (Å²) in [4.78, 5) is 27.1. The molecular weight excluding hydrogens is 248 g/mol. The van der Waals surface area contributed by atoms with Crippen LogP contribution >= 0.6 is 12.6 Å². The van der Waals surface area contributed by atoms with Gasteiger partial charge in [0.05, 0.1) is 0 Å². The first-order valence-electron chi connectivity index (χ1n) is 6.79. The topological polar surface area (TPSA) is 40.6 Å². The smallest absolute Gasteiger partial charge is 0.312 e. The Kier molecular flexibility index (Phi) is 6.54. The van der Waals surface area contributed by atoms with Crippen LogP contribution in [0.1, 0.15) is 33.1 Å². The van der Waals surface area contributed by atoms with Crippen molar-refractivity contribution in [3.05, 3.63) is 0 Å². The van der Waals surface area contributed by atoms with Crippen LogP contribution in [-0.4, -0.2) is 53.5 Å². The monoisotopic (exact) mass is 272 g/mol. The van der Waals surface area contributed by atoms with E-state index in [1.165, 1.54) is 0 Å². The van der Waals surface area contributed by atoms with Gasteiger partial charge in [-0.25, -0.2) is 0 Å². The molecule has 0 aromatic carbocycles. The van der Waals surface area contributed by atoms with Crippen LogP contribution in [0, 0.1) is 5.92 Å². The van der Waals surface area contributed by atoms with Crippen LogP contribution in [0.25, 0.3) is 0 Å². The third-order valence-corrected chi connectivity index (χ3v) is 3.66. The Balaban J connectivity index is 2.41. The molecule has 104 valence electrons. The van der Waals surface area contributed by atoms with E-state index in [1.54, 1.807) is 9.80 Å². The van der Waals surface area contributed by atoms with Crippen molar-refractivity contribution in [2.24, 2.45) is 5.92 Å². The normalized spacial score (nSPS) is 18.4. The second-order valence-corrected chi connectivity index (χ2v) is 5.44. The average molecular weight is 272 g/mol. The lowest BCUT2D eigenvalue weighted by molar-refractivity contribution is -0.156. The molecule has 1 unspecified atom stereocenters. The summed E-state index contributed by atoms with van der Waals surface area (Å²) in [5.74, 6) is 0.773. The van der Waals surface area contributed by atoms with Gasteiger partial charge in [0.25, 0.3) is 0 Å². The van der Waals surface area contributed by atoms with Crippen LogP contribution in [0.5, 0.6) is 0 Å². The van der Waals surface area contributed by atoms with E-state index in [-0.39, 0.29) is 11.8 Å². The maximum Gasteiger partial charge on any atom is 0.312 e. The predicted molar refractivity (Wildman–Crippen MR) is 75.7 cm³/mol. The Morgan fingerprint density at radius 3 is 2.17 bits per heavy atom. The molecule has 5 heteroatoms. The summed E-state index contributed by atoms with van der Waals surface area (Å²) < 4.78 is 0. The van der Waals surface area contributed by atoms with Crippen LogP contribution in [0.4, 0.5) is 0 Å².